The van der Waals surface area contributed by atoms with Crippen LogP contribution in [0.1, 0.15) is 18.4 Å². The first-order valence-electron chi connectivity index (χ1n) is 5.98. The van der Waals surface area contributed by atoms with Gasteiger partial charge in [0.25, 0.3) is 0 Å². The van der Waals surface area contributed by atoms with Gasteiger partial charge >= 0.3 is 0 Å². The molecule has 19 heavy (non-hydrogen) atoms. The van der Waals surface area contributed by atoms with Crippen molar-refractivity contribution in [3.63, 3.8) is 0 Å². The first-order chi connectivity index (χ1) is 8.63. The van der Waals surface area contributed by atoms with Gasteiger partial charge in [-0.3, -0.25) is 4.79 Å². The van der Waals surface area contributed by atoms with Gasteiger partial charge in [0.15, 0.2) is 0 Å². The zero-order chi connectivity index (χ0) is 13.4. The summed E-state index contributed by atoms with van der Waals surface area (Å²) in [5.41, 5.74) is 0.236. The molecule has 0 bridgehead atoms. The molecule has 0 saturated carbocycles. The lowest BCUT2D eigenvalue weighted by Crippen LogP contribution is -2.26. The SMILES string of the molecule is CNCCCNC(=O)CCc1cc(F)ccc1F.Cl. The summed E-state index contributed by atoms with van der Waals surface area (Å²) >= 11 is 0. The summed E-state index contributed by atoms with van der Waals surface area (Å²) < 4.78 is 26.2. The lowest BCUT2D eigenvalue weighted by Gasteiger charge is -2.06. The van der Waals surface area contributed by atoms with Crippen molar-refractivity contribution in [2.24, 2.45) is 0 Å². The molecule has 0 unspecified atom stereocenters. The number of rotatable bonds is 7. The fraction of sp³-hybridized carbons (Fsp3) is 0.462. The topological polar surface area (TPSA) is 41.1 Å². The molecule has 2 N–H and O–H groups in total. The van der Waals surface area contributed by atoms with Crippen LogP contribution in [0.15, 0.2) is 18.2 Å². The van der Waals surface area contributed by atoms with E-state index in [2.05, 4.69) is 10.6 Å². The number of amides is 1. The number of nitrogens with one attached hydrogen (secondary N) is 2. The summed E-state index contributed by atoms with van der Waals surface area (Å²) in [6.07, 6.45) is 1.22. The lowest BCUT2D eigenvalue weighted by atomic mass is 10.1. The van der Waals surface area contributed by atoms with E-state index in [1.807, 2.05) is 7.05 Å². The fourth-order valence-corrected chi connectivity index (χ4v) is 1.56. The number of aryl methyl sites for hydroxylation is 1. The third-order valence-corrected chi connectivity index (χ3v) is 2.55. The van der Waals surface area contributed by atoms with Gasteiger partial charge in [0.05, 0.1) is 0 Å². The molecule has 108 valence electrons. The molecule has 0 radical (unpaired) electrons. The number of carbonyl (C=O) groups excluding carboxylic acids is 1. The average molecular weight is 293 g/mol. The molecule has 3 nitrogen and oxygen atoms in total. The van der Waals surface area contributed by atoms with Crippen LogP contribution in [0.3, 0.4) is 0 Å². The predicted molar refractivity (Wildman–Crippen MR) is 73.5 cm³/mol. The molecule has 0 heterocycles. The molecule has 0 aliphatic carbocycles. The zero-order valence-corrected chi connectivity index (χ0v) is 11.7. The van der Waals surface area contributed by atoms with Crippen molar-refractivity contribution in [1.82, 2.24) is 10.6 Å². The molecule has 0 spiro atoms. The summed E-state index contributed by atoms with van der Waals surface area (Å²) in [5, 5.41) is 5.70. The quantitative estimate of drug-likeness (QED) is 0.755. The Hall–Kier alpha value is -1.20. The van der Waals surface area contributed by atoms with Gasteiger partial charge in [0.1, 0.15) is 11.6 Å². The molecule has 0 saturated heterocycles. The van der Waals surface area contributed by atoms with Gasteiger partial charge in [0.2, 0.25) is 5.91 Å². The van der Waals surface area contributed by atoms with E-state index < -0.39 is 11.6 Å². The second-order valence-electron chi connectivity index (χ2n) is 4.04. The maximum atomic E-state index is 13.3. The van der Waals surface area contributed by atoms with Crippen LogP contribution >= 0.6 is 12.4 Å². The molecule has 1 aromatic rings. The van der Waals surface area contributed by atoms with Gasteiger partial charge in [-0.15, -0.1) is 12.4 Å². The minimum absolute atomic E-state index is 0. The Balaban J connectivity index is 0.00000324. The molecule has 0 aliphatic heterocycles. The van der Waals surface area contributed by atoms with Crippen molar-refractivity contribution < 1.29 is 13.6 Å². The van der Waals surface area contributed by atoms with Crippen LogP contribution in [0.4, 0.5) is 8.78 Å². The van der Waals surface area contributed by atoms with E-state index in [0.717, 1.165) is 31.2 Å². The maximum absolute atomic E-state index is 13.3. The molecule has 1 amide bonds. The van der Waals surface area contributed by atoms with Crippen molar-refractivity contribution in [1.29, 1.82) is 0 Å². The Bertz CT molecular complexity index is 402. The third kappa shape index (κ3) is 7.08. The minimum Gasteiger partial charge on any atom is -0.356 e. The van der Waals surface area contributed by atoms with Crippen molar-refractivity contribution in [3.05, 3.63) is 35.4 Å². The largest absolute Gasteiger partial charge is 0.356 e. The molecule has 0 aliphatic rings. The van der Waals surface area contributed by atoms with Crippen LogP contribution in [0, 0.1) is 11.6 Å². The summed E-state index contributed by atoms with van der Waals surface area (Å²) in [4.78, 5) is 11.4. The Morgan fingerprint density at radius 2 is 2.00 bits per heavy atom. The van der Waals surface area contributed by atoms with Crippen molar-refractivity contribution in [3.8, 4) is 0 Å². The highest BCUT2D eigenvalue weighted by atomic mass is 35.5. The Morgan fingerprint density at radius 1 is 1.26 bits per heavy atom. The summed E-state index contributed by atoms with van der Waals surface area (Å²) in [5.74, 6) is -1.10. The highest BCUT2D eigenvalue weighted by molar-refractivity contribution is 5.85. The first kappa shape index (κ1) is 17.8. The van der Waals surface area contributed by atoms with E-state index in [1.54, 1.807) is 0 Å². The second-order valence-corrected chi connectivity index (χ2v) is 4.04. The van der Waals surface area contributed by atoms with E-state index in [9.17, 15) is 13.6 Å². The number of hydrogen-bond acceptors (Lipinski definition) is 2. The van der Waals surface area contributed by atoms with Crippen LogP contribution in [0.5, 0.6) is 0 Å². The van der Waals surface area contributed by atoms with E-state index in [1.165, 1.54) is 0 Å². The van der Waals surface area contributed by atoms with Crippen LogP contribution in [-0.2, 0) is 11.2 Å². The second kappa shape index (κ2) is 9.69. The molecule has 0 atom stereocenters. The van der Waals surface area contributed by atoms with Crippen LogP contribution in [0.2, 0.25) is 0 Å². The van der Waals surface area contributed by atoms with E-state index in [4.69, 9.17) is 0 Å². The summed E-state index contributed by atoms with van der Waals surface area (Å²) in [6.45, 7) is 1.42. The van der Waals surface area contributed by atoms with Gasteiger partial charge in [0, 0.05) is 13.0 Å². The van der Waals surface area contributed by atoms with Gasteiger partial charge in [-0.05, 0) is 50.2 Å². The van der Waals surface area contributed by atoms with Crippen molar-refractivity contribution in [2.45, 2.75) is 19.3 Å². The Kier molecular flexibility index (Phi) is 9.08. The summed E-state index contributed by atoms with van der Waals surface area (Å²) in [7, 11) is 1.84. The van der Waals surface area contributed by atoms with Crippen LogP contribution in [-0.4, -0.2) is 26.0 Å². The molecule has 1 aromatic carbocycles. The van der Waals surface area contributed by atoms with Gasteiger partial charge in [-0.1, -0.05) is 0 Å². The average Bonchev–Trinajstić information content (AvgIpc) is 2.36. The Morgan fingerprint density at radius 3 is 2.68 bits per heavy atom. The fourth-order valence-electron chi connectivity index (χ4n) is 1.56. The first-order valence-corrected chi connectivity index (χ1v) is 5.98. The van der Waals surface area contributed by atoms with Gasteiger partial charge < -0.3 is 10.6 Å². The van der Waals surface area contributed by atoms with E-state index in [0.29, 0.717) is 6.54 Å². The standard InChI is InChI=1S/C13H18F2N2O.ClH/c1-16-7-2-8-17-13(18)6-3-10-9-11(14)4-5-12(10)15;/h4-5,9,16H,2-3,6-8H2,1H3,(H,17,18);1H. The zero-order valence-electron chi connectivity index (χ0n) is 10.8. The molecule has 0 fully saturated rings. The minimum atomic E-state index is -0.485. The predicted octanol–water partition coefficient (Wildman–Crippen LogP) is 2.04. The monoisotopic (exact) mass is 292 g/mol. The highest BCUT2D eigenvalue weighted by Crippen LogP contribution is 2.11. The molecular weight excluding hydrogens is 274 g/mol. The van der Waals surface area contributed by atoms with Crippen LogP contribution in [0.25, 0.3) is 0 Å². The normalized spacial score (nSPS) is 9.84. The third-order valence-electron chi connectivity index (χ3n) is 2.55. The van der Waals surface area contributed by atoms with Crippen LogP contribution < -0.4 is 10.6 Å². The van der Waals surface area contributed by atoms with Crippen molar-refractivity contribution in [2.75, 3.05) is 20.1 Å². The molecule has 6 heteroatoms. The maximum Gasteiger partial charge on any atom is 0.220 e. The summed E-state index contributed by atoms with van der Waals surface area (Å²) in [6, 6.07) is 3.27. The highest BCUT2D eigenvalue weighted by Gasteiger charge is 2.07. The molecular formula is C13H19ClF2N2O. The smallest absolute Gasteiger partial charge is 0.220 e. The Labute approximate surface area is 118 Å². The van der Waals surface area contributed by atoms with Gasteiger partial charge in [-0.25, -0.2) is 8.78 Å². The van der Waals surface area contributed by atoms with E-state index in [-0.39, 0.29) is 36.7 Å². The molecule has 0 aromatic heterocycles. The molecule has 1 rings (SSSR count). The van der Waals surface area contributed by atoms with E-state index >= 15 is 0 Å². The van der Waals surface area contributed by atoms with Crippen molar-refractivity contribution >= 4 is 18.3 Å². The number of carbonyl (C=O) groups is 1. The number of benzene rings is 1. The lowest BCUT2D eigenvalue weighted by molar-refractivity contribution is -0.121. The number of halogens is 3. The number of hydrogen-bond donors (Lipinski definition) is 2. The van der Waals surface area contributed by atoms with Gasteiger partial charge in [-0.2, -0.15) is 0 Å².